The van der Waals surface area contributed by atoms with Gasteiger partial charge in [-0.2, -0.15) is 0 Å². The summed E-state index contributed by atoms with van der Waals surface area (Å²) in [4.78, 5) is 21.9. The van der Waals surface area contributed by atoms with Crippen molar-refractivity contribution in [2.75, 3.05) is 32.7 Å². The quantitative estimate of drug-likeness (QED) is 0.734. The molecule has 5 nitrogen and oxygen atoms in total. The Labute approximate surface area is 170 Å². The normalized spacial score (nSPS) is 20.8. The van der Waals surface area contributed by atoms with Crippen LogP contribution in [-0.4, -0.2) is 59.5 Å². The second-order valence-electron chi connectivity index (χ2n) is 8.55. The van der Waals surface area contributed by atoms with Gasteiger partial charge in [-0.25, -0.2) is 0 Å². The zero-order chi connectivity index (χ0) is 19.8. The molecule has 1 amide bonds. The van der Waals surface area contributed by atoms with Crippen LogP contribution in [0.2, 0.25) is 0 Å². The number of likely N-dealkylation sites (tertiary alicyclic amines) is 2. The molecule has 0 saturated carbocycles. The topological polar surface area (TPSA) is 48.5 Å². The van der Waals surface area contributed by atoms with Gasteiger partial charge in [0.15, 0.2) is 0 Å². The molecular weight excluding hydrogens is 348 g/mol. The molecule has 0 unspecified atom stereocenters. The predicted octanol–water partition coefficient (Wildman–Crippen LogP) is 3.09. The molecule has 0 radical (unpaired) electrons. The summed E-state index contributed by atoms with van der Waals surface area (Å²) in [6.07, 6.45) is 10.9. The summed E-state index contributed by atoms with van der Waals surface area (Å²) in [5.74, 6) is 0.985. The van der Waals surface area contributed by atoms with E-state index in [1.807, 2.05) is 18.2 Å². The molecule has 1 aromatic heterocycles. The first-order chi connectivity index (χ1) is 13.6. The number of hydrogen-bond acceptors (Lipinski definition) is 4. The van der Waals surface area contributed by atoms with E-state index in [1.54, 1.807) is 6.20 Å². The van der Waals surface area contributed by atoms with E-state index >= 15 is 0 Å². The van der Waals surface area contributed by atoms with E-state index in [2.05, 4.69) is 46.1 Å². The zero-order valence-corrected chi connectivity index (χ0v) is 17.5. The average molecular weight is 385 g/mol. The van der Waals surface area contributed by atoms with Gasteiger partial charge in [0.25, 0.3) is 0 Å². The Kier molecular flexibility index (Phi) is 8.04. The van der Waals surface area contributed by atoms with Gasteiger partial charge in [-0.1, -0.05) is 32.1 Å². The summed E-state index contributed by atoms with van der Waals surface area (Å²) < 4.78 is 0. The van der Waals surface area contributed by atoms with Crippen molar-refractivity contribution in [3.05, 3.63) is 42.2 Å². The van der Waals surface area contributed by atoms with Crippen molar-refractivity contribution in [3.8, 4) is 0 Å². The second kappa shape index (κ2) is 10.7. The predicted molar refractivity (Wildman–Crippen MR) is 114 cm³/mol. The van der Waals surface area contributed by atoms with E-state index < -0.39 is 0 Å². The molecule has 0 atom stereocenters. The Bertz CT molecular complexity index is 615. The third-order valence-electron chi connectivity index (χ3n) is 6.03. The zero-order valence-electron chi connectivity index (χ0n) is 17.5. The average Bonchev–Trinajstić information content (AvgIpc) is 2.73. The number of allylic oxidation sites excluding steroid dienone is 1. The molecule has 1 aromatic rings. The lowest BCUT2D eigenvalue weighted by molar-refractivity contribution is -0.126. The molecule has 1 N–H and O–H groups in total. The lowest BCUT2D eigenvalue weighted by atomic mass is 9.92. The van der Waals surface area contributed by atoms with Crippen LogP contribution in [0.3, 0.4) is 0 Å². The second-order valence-corrected chi connectivity index (χ2v) is 8.55. The van der Waals surface area contributed by atoms with E-state index in [1.165, 1.54) is 25.9 Å². The van der Waals surface area contributed by atoms with Gasteiger partial charge in [-0.3, -0.25) is 14.7 Å². The van der Waals surface area contributed by atoms with Gasteiger partial charge in [0.1, 0.15) is 0 Å². The van der Waals surface area contributed by atoms with Gasteiger partial charge >= 0.3 is 0 Å². The highest BCUT2D eigenvalue weighted by Crippen LogP contribution is 2.24. The standard InChI is InChI=1S/C23H36N4O/c1-19(2)6-5-13-26-14-10-22(11-15-26)27-16-8-20(9-17-27)23(28)25-18-21-7-3-4-12-24-21/h3-7,12,19-20,22H,8-11,13-18H2,1-2H3,(H,25,28). The maximum Gasteiger partial charge on any atom is 0.223 e. The van der Waals surface area contributed by atoms with Crippen LogP contribution in [0.5, 0.6) is 0 Å². The molecular formula is C23H36N4O. The van der Waals surface area contributed by atoms with E-state index in [0.717, 1.165) is 38.2 Å². The number of piperidine rings is 2. The van der Waals surface area contributed by atoms with Crippen LogP contribution in [0.4, 0.5) is 0 Å². The van der Waals surface area contributed by atoms with Crippen LogP contribution in [0, 0.1) is 11.8 Å². The number of hydrogen-bond donors (Lipinski definition) is 1. The third kappa shape index (κ3) is 6.42. The summed E-state index contributed by atoms with van der Waals surface area (Å²) in [5.41, 5.74) is 0.920. The summed E-state index contributed by atoms with van der Waals surface area (Å²) in [5, 5.41) is 3.06. The number of rotatable bonds is 7. The van der Waals surface area contributed by atoms with Crippen LogP contribution in [0.25, 0.3) is 0 Å². The van der Waals surface area contributed by atoms with Crippen LogP contribution in [-0.2, 0) is 11.3 Å². The van der Waals surface area contributed by atoms with Gasteiger partial charge in [-0.15, -0.1) is 0 Å². The molecule has 154 valence electrons. The molecule has 0 aromatic carbocycles. The number of carbonyl (C=O) groups excluding carboxylic acids is 1. The van der Waals surface area contributed by atoms with Crippen molar-refractivity contribution < 1.29 is 4.79 Å². The molecule has 0 bridgehead atoms. The fourth-order valence-corrected chi connectivity index (χ4v) is 4.30. The van der Waals surface area contributed by atoms with E-state index in [-0.39, 0.29) is 11.8 Å². The van der Waals surface area contributed by atoms with Crippen molar-refractivity contribution in [2.24, 2.45) is 11.8 Å². The molecule has 2 aliphatic rings. The minimum Gasteiger partial charge on any atom is -0.350 e. The molecule has 3 heterocycles. The van der Waals surface area contributed by atoms with Crippen molar-refractivity contribution in [1.29, 1.82) is 0 Å². The molecule has 28 heavy (non-hydrogen) atoms. The number of aromatic nitrogens is 1. The molecule has 2 saturated heterocycles. The third-order valence-corrected chi connectivity index (χ3v) is 6.03. The summed E-state index contributed by atoms with van der Waals surface area (Å²) in [7, 11) is 0. The van der Waals surface area contributed by atoms with Crippen LogP contribution < -0.4 is 5.32 Å². The van der Waals surface area contributed by atoms with Gasteiger partial charge in [0, 0.05) is 24.7 Å². The highest BCUT2D eigenvalue weighted by Gasteiger charge is 2.30. The number of carbonyl (C=O) groups is 1. The molecule has 0 aliphatic carbocycles. The number of nitrogens with zero attached hydrogens (tertiary/aromatic N) is 3. The van der Waals surface area contributed by atoms with Crippen molar-refractivity contribution in [3.63, 3.8) is 0 Å². The molecule has 5 heteroatoms. The number of nitrogens with one attached hydrogen (secondary N) is 1. The summed E-state index contributed by atoms with van der Waals surface area (Å²) in [6.45, 7) is 10.6. The Morgan fingerprint density at radius 2 is 1.93 bits per heavy atom. The smallest absolute Gasteiger partial charge is 0.223 e. The van der Waals surface area contributed by atoms with Crippen molar-refractivity contribution in [1.82, 2.24) is 20.1 Å². The SMILES string of the molecule is CC(C)C=CCN1CCC(N2CCC(C(=O)NCc3ccccn3)CC2)CC1. The van der Waals surface area contributed by atoms with Gasteiger partial charge in [0.2, 0.25) is 5.91 Å². The first-order valence-electron chi connectivity index (χ1n) is 10.9. The van der Waals surface area contributed by atoms with E-state index in [4.69, 9.17) is 0 Å². The summed E-state index contributed by atoms with van der Waals surface area (Å²) >= 11 is 0. The van der Waals surface area contributed by atoms with E-state index in [0.29, 0.717) is 18.5 Å². The maximum absolute atomic E-state index is 12.5. The number of pyridine rings is 1. The molecule has 2 aliphatic heterocycles. The first kappa shape index (κ1) is 21.0. The van der Waals surface area contributed by atoms with Gasteiger partial charge < -0.3 is 10.2 Å². The lowest BCUT2D eigenvalue weighted by Crippen LogP contribution is -2.49. The highest BCUT2D eigenvalue weighted by atomic mass is 16.1. The molecule has 0 spiro atoms. The molecule has 2 fully saturated rings. The Morgan fingerprint density at radius 3 is 2.57 bits per heavy atom. The fraction of sp³-hybridized carbons (Fsp3) is 0.652. The van der Waals surface area contributed by atoms with Crippen molar-refractivity contribution in [2.45, 2.75) is 52.1 Å². The summed E-state index contributed by atoms with van der Waals surface area (Å²) in [6, 6.07) is 6.50. The van der Waals surface area contributed by atoms with Gasteiger partial charge in [-0.05, 0) is 69.9 Å². The Morgan fingerprint density at radius 1 is 1.18 bits per heavy atom. The molecule has 3 rings (SSSR count). The fourth-order valence-electron chi connectivity index (χ4n) is 4.30. The van der Waals surface area contributed by atoms with Crippen LogP contribution in [0.15, 0.2) is 36.5 Å². The van der Waals surface area contributed by atoms with Crippen molar-refractivity contribution >= 4 is 5.91 Å². The minimum absolute atomic E-state index is 0.154. The Balaban J connectivity index is 1.34. The maximum atomic E-state index is 12.5. The van der Waals surface area contributed by atoms with Crippen LogP contribution in [0.1, 0.15) is 45.2 Å². The van der Waals surface area contributed by atoms with Gasteiger partial charge in [0.05, 0.1) is 12.2 Å². The number of amides is 1. The first-order valence-corrected chi connectivity index (χ1v) is 10.9. The van der Waals surface area contributed by atoms with Crippen LogP contribution >= 0.6 is 0 Å². The lowest BCUT2D eigenvalue weighted by Gasteiger charge is -2.41. The van der Waals surface area contributed by atoms with E-state index in [9.17, 15) is 4.79 Å². The highest BCUT2D eigenvalue weighted by molar-refractivity contribution is 5.78. The minimum atomic E-state index is 0.154. The monoisotopic (exact) mass is 384 g/mol. The largest absolute Gasteiger partial charge is 0.350 e. The Hall–Kier alpha value is -1.72.